The quantitative estimate of drug-likeness (QED) is 0.786. The van der Waals surface area contributed by atoms with Gasteiger partial charge in [0.05, 0.1) is 33.7 Å². The Labute approximate surface area is 164 Å². The number of ether oxygens (including phenoxy) is 1. The first-order valence-electron chi connectivity index (χ1n) is 8.17. The number of sulfonamides is 2. The molecule has 146 valence electrons. The van der Waals surface area contributed by atoms with Gasteiger partial charge in [-0.15, -0.1) is 0 Å². The number of hydrogen-bond donors (Lipinski definition) is 1. The smallest absolute Gasteiger partial charge is 0.261 e. The van der Waals surface area contributed by atoms with Gasteiger partial charge >= 0.3 is 0 Å². The van der Waals surface area contributed by atoms with E-state index < -0.39 is 20.0 Å². The van der Waals surface area contributed by atoms with Crippen LogP contribution in [0.25, 0.3) is 0 Å². The van der Waals surface area contributed by atoms with Crippen molar-refractivity contribution in [3.8, 4) is 0 Å². The van der Waals surface area contributed by atoms with Gasteiger partial charge in [0.2, 0.25) is 10.0 Å². The van der Waals surface area contributed by atoms with Crippen LogP contribution in [0.15, 0.2) is 52.3 Å². The van der Waals surface area contributed by atoms with Crippen LogP contribution in [0.2, 0.25) is 5.02 Å². The Morgan fingerprint density at radius 3 is 2.15 bits per heavy atom. The second kappa shape index (κ2) is 7.76. The van der Waals surface area contributed by atoms with E-state index in [-0.39, 0.29) is 33.6 Å². The number of hydrogen-bond acceptors (Lipinski definition) is 5. The summed E-state index contributed by atoms with van der Waals surface area (Å²) in [4.78, 5) is -0.0169. The standard InChI is InChI=1S/C17H19ClN2O5S2/c1-13-2-7-17(16(18)12-13)19-26(21,22)14-3-5-15(6-4-14)27(23,24)20-8-10-25-11-9-20/h2-7,12,19H,8-11H2,1H3. The molecule has 0 unspecified atom stereocenters. The molecule has 0 saturated carbocycles. The molecule has 10 heteroatoms. The Hall–Kier alpha value is -1.65. The summed E-state index contributed by atoms with van der Waals surface area (Å²) in [6, 6.07) is 10.1. The monoisotopic (exact) mass is 430 g/mol. The molecule has 0 bridgehead atoms. The van der Waals surface area contributed by atoms with Gasteiger partial charge in [0, 0.05) is 13.1 Å². The Kier molecular flexibility index (Phi) is 5.78. The van der Waals surface area contributed by atoms with Gasteiger partial charge in [-0.05, 0) is 48.9 Å². The minimum absolute atomic E-state index is 0.0386. The third kappa shape index (κ3) is 4.44. The molecule has 0 radical (unpaired) electrons. The molecule has 1 heterocycles. The van der Waals surface area contributed by atoms with E-state index in [2.05, 4.69) is 4.72 Å². The molecule has 1 saturated heterocycles. The van der Waals surface area contributed by atoms with Gasteiger partial charge < -0.3 is 4.74 Å². The van der Waals surface area contributed by atoms with Crippen molar-refractivity contribution < 1.29 is 21.6 Å². The maximum absolute atomic E-state index is 12.6. The first-order chi connectivity index (χ1) is 12.7. The molecule has 0 aromatic heterocycles. The Balaban J connectivity index is 1.83. The van der Waals surface area contributed by atoms with Crippen molar-refractivity contribution in [1.29, 1.82) is 0 Å². The molecular formula is C17H19ClN2O5S2. The zero-order valence-corrected chi connectivity index (χ0v) is 16.9. The van der Waals surface area contributed by atoms with Crippen LogP contribution >= 0.6 is 11.6 Å². The van der Waals surface area contributed by atoms with Crippen LogP contribution in [-0.2, 0) is 24.8 Å². The number of nitrogens with one attached hydrogen (secondary N) is 1. The molecule has 1 N–H and O–H groups in total. The fourth-order valence-corrected chi connectivity index (χ4v) is 5.46. The molecular weight excluding hydrogens is 412 g/mol. The Bertz CT molecular complexity index is 1030. The predicted octanol–water partition coefficient (Wildman–Crippen LogP) is 2.47. The molecule has 0 spiro atoms. The molecule has 0 amide bonds. The van der Waals surface area contributed by atoms with Crippen LogP contribution in [0.4, 0.5) is 5.69 Å². The average Bonchev–Trinajstić information content (AvgIpc) is 2.65. The topological polar surface area (TPSA) is 92.8 Å². The predicted molar refractivity (Wildman–Crippen MR) is 103 cm³/mol. The minimum atomic E-state index is -3.90. The van der Waals surface area contributed by atoms with Gasteiger partial charge in [-0.25, -0.2) is 16.8 Å². The summed E-state index contributed by atoms with van der Waals surface area (Å²) >= 11 is 6.07. The van der Waals surface area contributed by atoms with Crippen LogP contribution in [0.3, 0.4) is 0 Å². The largest absolute Gasteiger partial charge is 0.379 e. The molecule has 1 aliphatic rings. The number of aryl methyl sites for hydroxylation is 1. The lowest BCUT2D eigenvalue weighted by atomic mass is 10.2. The third-order valence-electron chi connectivity index (χ3n) is 4.11. The molecule has 0 atom stereocenters. The van der Waals surface area contributed by atoms with Gasteiger partial charge in [-0.1, -0.05) is 17.7 Å². The van der Waals surface area contributed by atoms with E-state index in [1.165, 1.54) is 28.6 Å². The lowest BCUT2D eigenvalue weighted by Crippen LogP contribution is -2.40. The van der Waals surface area contributed by atoms with Gasteiger partial charge in [0.15, 0.2) is 0 Å². The Morgan fingerprint density at radius 2 is 1.56 bits per heavy atom. The molecule has 7 nitrogen and oxygen atoms in total. The highest BCUT2D eigenvalue weighted by molar-refractivity contribution is 7.92. The summed E-state index contributed by atoms with van der Waals surface area (Å²) in [6.07, 6.45) is 0. The summed E-state index contributed by atoms with van der Waals surface area (Å²) in [5.41, 5.74) is 1.16. The van der Waals surface area contributed by atoms with E-state index >= 15 is 0 Å². The second-order valence-corrected chi connectivity index (χ2v) is 10.1. The van der Waals surface area contributed by atoms with Crippen molar-refractivity contribution in [2.24, 2.45) is 0 Å². The van der Waals surface area contributed by atoms with E-state index in [1.54, 1.807) is 18.2 Å². The third-order valence-corrected chi connectivity index (χ3v) is 7.72. The van der Waals surface area contributed by atoms with Crippen LogP contribution in [-0.4, -0.2) is 47.4 Å². The lowest BCUT2D eigenvalue weighted by molar-refractivity contribution is 0.0730. The van der Waals surface area contributed by atoms with Crippen molar-refractivity contribution >= 4 is 37.3 Å². The average molecular weight is 431 g/mol. The fourth-order valence-electron chi connectivity index (χ4n) is 2.63. The number of benzene rings is 2. The molecule has 2 aromatic rings. The normalized spacial score (nSPS) is 16.2. The van der Waals surface area contributed by atoms with Crippen molar-refractivity contribution in [1.82, 2.24) is 4.31 Å². The first-order valence-corrected chi connectivity index (χ1v) is 11.5. The van der Waals surface area contributed by atoms with Gasteiger partial charge in [-0.3, -0.25) is 4.72 Å². The van der Waals surface area contributed by atoms with Crippen LogP contribution in [0.1, 0.15) is 5.56 Å². The van der Waals surface area contributed by atoms with Gasteiger partial charge in [0.1, 0.15) is 0 Å². The number of morpholine rings is 1. The number of rotatable bonds is 5. The van der Waals surface area contributed by atoms with Gasteiger partial charge in [0.25, 0.3) is 10.0 Å². The summed E-state index contributed by atoms with van der Waals surface area (Å²) < 4.78 is 59.2. The van der Waals surface area contributed by atoms with Crippen molar-refractivity contribution in [3.63, 3.8) is 0 Å². The van der Waals surface area contributed by atoms with Crippen molar-refractivity contribution in [3.05, 3.63) is 53.1 Å². The maximum Gasteiger partial charge on any atom is 0.261 e. The molecule has 27 heavy (non-hydrogen) atoms. The number of nitrogens with zero attached hydrogens (tertiary/aromatic N) is 1. The van der Waals surface area contributed by atoms with Crippen LogP contribution in [0.5, 0.6) is 0 Å². The second-order valence-electron chi connectivity index (χ2n) is 6.08. The summed E-state index contributed by atoms with van der Waals surface area (Å²) in [7, 11) is -7.58. The Morgan fingerprint density at radius 1 is 0.963 bits per heavy atom. The molecule has 1 fully saturated rings. The van der Waals surface area contributed by atoms with E-state index in [0.717, 1.165) is 5.56 Å². The van der Waals surface area contributed by atoms with Crippen LogP contribution < -0.4 is 4.72 Å². The highest BCUT2D eigenvalue weighted by atomic mass is 35.5. The van der Waals surface area contributed by atoms with Crippen molar-refractivity contribution in [2.45, 2.75) is 16.7 Å². The van der Waals surface area contributed by atoms with Gasteiger partial charge in [-0.2, -0.15) is 4.31 Å². The molecule has 3 rings (SSSR count). The molecule has 1 aliphatic heterocycles. The summed E-state index contributed by atoms with van der Waals surface area (Å²) in [6.45, 7) is 3.07. The first kappa shape index (κ1) is 20.1. The summed E-state index contributed by atoms with van der Waals surface area (Å²) in [5, 5.41) is 0.282. The van der Waals surface area contributed by atoms with E-state index in [1.807, 2.05) is 6.92 Å². The summed E-state index contributed by atoms with van der Waals surface area (Å²) in [5.74, 6) is 0. The van der Waals surface area contributed by atoms with E-state index in [9.17, 15) is 16.8 Å². The van der Waals surface area contributed by atoms with E-state index in [4.69, 9.17) is 16.3 Å². The maximum atomic E-state index is 12.6. The zero-order chi connectivity index (χ0) is 19.7. The van der Waals surface area contributed by atoms with Crippen molar-refractivity contribution in [2.75, 3.05) is 31.0 Å². The zero-order valence-electron chi connectivity index (χ0n) is 14.6. The fraction of sp³-hybridized carbons (Fsp3) is 0.294. The highest BCUT2D eigenvalue weighted by Crippen LogP contribution is 2.26. The van der Waals surface area contributed by atoms with E-state index in [0.29, 0.717) is 13.2 Å². The highest BCUT2D eigenvalue weighted by Gasteiger charge is 2.27. The number of anilines is 1. The number of halogens is 1. The minimum Gasteiger partial charge on any atom is -0.379 e. The molecule has 2 aromatic carbocycles. The lowest BCUT2D eigenvalue weighted by Gasteiger charge is -2.26. The SMILES string of the molecule is Cc1ccc(NS(=O)(=O)c2ccc(S(=O)(=O)N3CCOCC3)cc2)c(Cl)c1. The molecule has 0 aliphatic carbocycles. The van der Waals surface area contributed by atoms with Crippen LogP contribution in [0, 0.1) is 6.92 Å².